The Labute approximate surface area is 148 Å². The van der Waals surface area contributed by atoms with Crippen LogP contribution in [0.25, 0.3) is 0 Å². The fourth-order valence-electron chi connectivity index (χ4n) is 1.94. The van der Waals surface area contributed by atoms with Gasteiger partial charge in [0, 0.05) is 0 Å². The topological polar surface area (TPSA) is 89.5 Å². The number of Topliss-reactive ketones (excluding diaryl/α,β-unsaturated/α-hetero) is 1. The number of carbonyl (C=O) groups excluding carboxylic acids is 2. The second-order valence-electron chi connectivity index (χ2n) is 5.35. The van der Waals surface area contributed by atoms with Gasteiger partial charge in [-0.2, -0.15) is 4.72 Å². The van der Waals surface area contributed by atoms with E-state index in [1.807, 2.05) is 4.72 Å². The molecule has 0 bridgehead atoms. The van der Waals surface area contributed by atoms with Crippen LogP contribution in [0.5, 0.6) is 0 Å². The molecule has 138 valence electrons. The molecule has 0 spiro atoms. The molecule has 26 heavy (non-hydrogen) atoms. The number of benzene rings is 2. The maximum atomic E-state index is 13.4. The predicted molar refractivity (Wildman–Crippen MR) is 88.0 cm³/mol. The SMILES string of the molecule is Cc1ccc(S(=O)(=O)NCC(=O)OCC(=O)c2cc(F)ccc2F)cc1. The number of hydrogen-bond acceptors (Lipinski definition) is 5. The van der Waals surface area contributed by atoms with Gasteiger partial charge in [-0.3, -0.25) is 9.59 Å². The molecular formula is C17H15F2NO5S. The Morgan fingerprint density at radius 2 is 1.73 bits per heavy atom. The van der Waals surface area contributed by atoms with Gasteiger partial charge in [-0.05, 0) is 37.3 Å². The predicted octanol–water partition coefficient (Wildman–Crippen LogP) is 1.98. The van der Waals surface area contributed by atoms with Crippen LogP contribution in [0, 0.1) is 18.6 Å². The second kappa shape index (κ2) is 8.15. The Balaban J connectivity index is 1.90. The highest BCUT2D eigenvalue weighted by molar-refractivity contribution is 7.89. The second-order valence-corrected chi connectivity index (χ2v) is 7.11. The molecule has 0 aliphatic carbocycles. The molecule has 2 aromatic carbocycles. The number of carbonyl (C=O) groups is 2. The summed E-state index contributed by atoms with van der Waals surface area (Å²) >= 11 is 0. The van der Waals surface area contributed by atoms with Crippen molar-refractivity contribution in [1.82, 2.24) is 4.72 Å². The minimum atomic E-state index is -3.92. The summed E-state index contributed by atoms with van der Waals surface area (Å²) in [5.74, 6) is -3.75. The average molecular weight is 383 g/mol. The van der Waals surface area contributed by atoms with Gasteiger partial charge in [-0.25, -0.2) is 17.2 Å². The van der Waals surface area contributed by atoms with E-state index in [9.17, 15) is 26.8 Å². The van der Waals surface area contributed by atoms with Crippen molar-refractivity contribution >= 4 is 21.8 Å². The summed E-state index contributed by atoms with van der Waals surface area (Å²) in [5.41, 5.74) is 0.310. The van der Waals surface area contributed by atoms with Crippen LogP contribution in [0.2, 0.25) is 0 Å². The molecule has 2 aromatic rings. The zero-order valence-electron chi connectivity index (χ0n) is 13.7. The quantitative estimate of drug-likeness (QED) is 0.583. The van der Waals surface area contributed by atoms with Crippen molar-refractivity contribution in [3.05, 3.63) is 65.2 Å². The molecule has 9 heteroatoms. The van der Waals surface area contributed by atoms with E-state index in [0.29, 0.717) is 6.07 Å². The van der Waals surface area contributed by atoms with Crippen LogP contribution in [0.3, 0.4) is 0 Å². The van der Waals surface area contributed by atoms with E-state index >= 15 is 0 Å². The number of halogens is 2. The Morgan fingerprint density at radius 1 is 1.08 bits per heavy atom. The lowest BCUT2D eigenvalue weighted by atomic mass is 10.1. The molecule has 0 atom stereocenters. The van der Waals surface area contributed by atoms with Crippen molar-refractivity contribution < 1.29 is 31.5 Å². The number of ether oxygens (including phenoxy) is 1. The zero-order valence-corrected chi connectivity index (χ0v) is 14.5. The van der Waals surface area contributed by atoms with Gasteiger partial charge in [0.25, 0.3) is 0 Å². The van der Waals surface area contributed by atoms with E-state index in [1.165, 1.54) is 12.1 Å². The Kier molecular flexibility index (Phi) is 6.17. The molecule has 0 aliphatic heterocycles. The first-order valence-electron chi connectivity index (χ1n) is 7.39. The third-order valence-electron chi connectivity index (χ3n) is 3.33. The largest absolute Gasteiger partial charge is 0.456 e. The first-order valence-corrected chi connectivity index (χ1v) is 8.87. The summed E-state index contributed by atoms with van der Waals surface area (Å²) in [7, 11) is -3.92. The fourth-order valence-corrected chi connectivity index (χ4v) is 2.91. The molecule has 1 N–H and O–H groups in total. The van der Waals surface area contributed by atoms with Gasteiger partial charge in [-0.1, -0.05) is 17.7 Å². The first-order chi connectivity index (χ1) is 12.2. The van der Waals surface area contributed by atoms with Crippen molar-refractivity contribution in [2.45, 2.75) is 11.8 Å². The van der Waals surface area contributed by atoms with Crippen molar-refractivity contribution in [2.75, 3.05) is 13.2 Å². The van der Waals surface area contributed by atoms with Crippen LogP contribution < -0.4 is 4.72 Å². The number of nitrogens with one attached hydrogen (secondary N) is 1. The lowest BCUT2D eigenvalue weighted by Gasteiger charge is -2.08. The van der Waals surface area contributed by atoms with E-state index in [1.54, 1.807) is 19.1 Å². The molecule has 2 rings (SSSR count). The van der Waals surface area contributed by atoms with Crippen molar-refractivity contribution in [3.63, 3.8) is 0 Å². The molecule has 0 unspecified atom stereocenters. The lowest BCUT2D eigenvalue weighted by molar-refractivity contribution is -0.141. The molecule has 0 amide bonds. The first kappa shape index (κ1) is 19.7. The van der Waals surface area contributed by atoms with E-state index in [-0.39, 0.29) is 4.90 Å². The highest BCUT2D eigenvalue weighted by Gasteiger charge is 2.18. The Morgan fingerprint density at radius 3 is 2.38 bits per heavy atom. The van der Waals surface area contributed by atoms with Crippen LogP contribution in [-0.4, -0.2) is 33.3 Å². The third kappa shape index (κ3) is 5.17. The number of ketones is 1. The minimum absolute atomic E-state index is 0.0335. The van der Waals surface area contributed by atoms with Crippen LogP contribution in [0.4, 0.5) is 8.78 Å². The third-order valence-corrected chi connectivity index (χ3v) is 4.75. The highest BCUT2D eigenvalue weighted by atomic mass is 32.2. The molecule has 6 nitrogen and oxygen atoms in total. The Bertz CT molecular complexity index is 927. The normalized spacial score (nSPS) is 11.2. The summed E-state index contributed by atoms with van der Waals surface area (Å²) in [4.78, 5) is 23.3. The summed E-state index contributed by atoms with van der Waals surface area (Å²) in [6.07, 6.45) is 0. The molecule has 0 saturated heterocycles. The number of sulfonamides is 1. The molecular weight excluding hydrogens is 368 g/mol. The van der Waals surface area contributed by atoms with Crippen LogP contribution in [-0.2, 0) is 19.6 Å². The maximum absolute atomic E-state index is 13.4. The minimum Gasteiger partial charge on any atom is -0.456 e. The standard InChI is InChI=1S/C17H15F2NO5S/c1-11-2-5-13(6-3-11)26(23,24)20-9-17(22)25-10-16(21)14-8-12(18)4-7-15(14)19/h2-8,20H,9-10H2,1H3. The molecule has 0 saturated carbocycles. The van der Waals surface area contributed by atoms with Gasteiger partial charge in [0.1, 0.15) is 18.2 Å². The number of rotatable bonds is 7. The lowest BCUT2D eigenvalue weighted by Crippen LogP contribution is -2.31. The zero-order chi connectivity index (χ0) is 19.3. The van der Waals surface area contributed by atoms with Crippen LogP contribution >= 0.6 is 0 Å². The molecule has 0 aliphatic rings. The van der Waals surface area contributed by atoms with E-state index in [2.05, 4.69) is 4.74 Å². The van der Waals surface area contributed by atoms with Crippen molar-refractivity contribution in [2.24, 2.45) is 0 Å². The number of aryl methyl sites for hydroxylation is 1. The van der Waals surface area contributed by atoms with E-state index < -0.39 is 52.1 Å². The van der Waals surface area contributed by atoms with Crippen molar-refractivity contribution in [1.29, 1.82) is 0 Å². The summed E-state index contributed by atoms with van der Waals surface area (Å²) in [6.45, 7) is 0.236. The number of hydrogen-bond donors (Lipinski definition) is 1. The smallest absolute Gasteiger partial charge is 0.321 e. The molecule has 0 aromatic heterocycles. The average Bonchev–Trinajstić information content (AvgIpc) is 2.60. The maximum Gasteiger partial charge on any atom is 0.321 e. The summed E-state index contributed by atoms with van der Waals surface area (Å²) < 4.78 is 57.1. The van der Waals surface area contributed by atoms with E-state index in [4.69, 9.17) is 0 Å². The summed E-state index contributed by atoms with van der Waals surface area (Å²) in [6, 6.07) is 8.25. The van der Waals surface area contributed by atoms with E-state index in [0.717, 1.165) is 17.7 Å². The molecule has 0 fully saturated rings. The van der Waals surface area contributed by atoms with Crippen LogP contribution in [0.15, 0.2) is 47.4 Å². The van der Waals surface area contributed by atoms with Gasteiger partial charge in [0.05, 0.1) is 10.5 Å². The van der Waals surface area contributed by atoms with Gasteiger partial charge in [0.15, 0.2) is 6.61 Å². The monoisotopic (exact) mass is 383 g/mol. The Hall–Kier alpha value is -2.65. The van der Waals surface area contributed by atoms with Gasteiger partial charge < -0.3 is 4.74 Å². The van der Waals surface area contributed by atoms with Crippen molar-refractivity contribution in [3.8, 4) is 0 Å². The van der Waals surface area contributed by atoms with Crippen LogP contribution in [0.1, 0.15) is 15.9 Å². The molecule has 0 heterocycles. The highest BCUT2D eigenvalue weighted by Crippen LogP contribution is 2.11. The molecule has 0 radical (unpaired) electrons. The van der Waals surface area contributed by atoms with Gasteiger partial charge >= 0.3 is 5.97 Å². The van der Waals surface area contributed by atoms with Gasteiger partial charge in [-0.15, -0.1) is 0 Å². The van der Waals surface area contributed by atoms with Gasteiger partial charge in [0.2, 0.25) is 15.8 Å². The number of esters is 1. The fraction of sp³-hybridized carbons (Fsp3) is 0.176. The summed E-state index contributed by atoms with van der Waals surface area (Å²) in [5, 5.41) is 0.